The van der Waals surface area contributed by atoms with Crippen molar-refractivity contribution in [2.45, 2.75) is 0 Å². The lowest BCUT2D eigenvalue weighted by Gasteiger charge is -2.10. The van der Waals surface area contributed by atoms with E-state index in [9.17, 15) is 9.59 Å². The van der Waals surface area contributed by atoms with Crippen LogP contribution in [0.5, 0.6) is 5.75 Å². The summed E-state index contributed by atoms with van der Waals surface area (Å²) in [5.41, 5.74) is 5.39. The minimum absolute atomic E-state index is 0. The number of carbonyl (C=O) groups excluding carboxylic acids is 1. The highest BCUT2D eigenvalue weighted by molar-refractivity contribution is 6.35. The van der Waals surface area contributed by atoms with Crippen LogP contribution < -0.4 is 16.3 Å². The van der Waals surface area contributed by atoms with Crippen LogP contribution >= 0.6 is 0 Å². The van der Waals surface area contributed by atoms with E-state index in [1.54, 1.807) is 0 Å². The first-order valence-electron chi connectivity index (χ1n) is 5.93. The molecule has 9 heteroatoms. The number of ketones is 1. The summed E-state index contributed by atoms with van der Waals surface area (Å²) in [4.78, 5) is 29.3. The minimum atomic E-state index is -0.413. The minimum Gasteiger partial charge on any atom is -0.508 e. The zero-order chi connectivity index (χ0) is 15.4. The summed E-state index contributed by atoms with van der Waals surface area (Å²) in [6.45, 7) is 0. The number of benzene rings is 1. The van der Waals surface area contributed by atoms with Gasteiger partial charge in [0, 0.05) is 18.7 Å². The molecule has 6 N–H and O–H groups in total. The fraction of sp³-hybridized carbons (Fsp3) is 0.0769. The summed E-state index contributed by atoms with van der Waals surface area (Å²) in [5.74, 6) is -0.0983. The van der Waals surface area contributed by atoms with Gasteiger partial charge in [-0.3, -0.25) is 19.6 Å². The lowest BCUT2D eigenvalue weighted by molar-refractivity contribution is 0.107. The van der Waals surface area contributed by atoms with Crippen molar-refractivity contribution in [1.82, 2.24) is 9.97 Å². The molecule has 0 spiro atoms. The predicted octanol–water partition coefficient (Wildman–Crippen LogP) is -0.462. The van der Waals surface area contributed by atoms with Gasteiger partial charge in [0.05, 0.1) is 6.21 Å². The number of Topliss-reactive ketones (excluding diaryl/α,β-unsaturated/α-hetero) is 1. The van der Waals surface area contributed by atoms with E-state index in [0.29, 0.717) is 5.56 Å². The van der Waals surface area contributed by atoms with Gasteiger partial charge in [0.15, 0.2) is 5.82 Å². The van der Waals surface area contributed by atoms with Crippen LogP contribution in [0.3, 0.4) is 0 Å². The standard InChI is InChI=1S/C13H13N5O3.H2O/c1-18(11-6-12(21)17-13(14)16-11)15-7-10(20)8-2-4-9(19)5-3-8;/h2-7,19H,1H3,(H3,14,16,17,21);1H2. The second-order valence-electron chi connectivity index (χ2n) is 4.17. The Labute approximate surface area is 125 Å². The fourth-order valence-corrected chi connectivity index (χ4v) is 1.53. The van der Waals surface area contributed by atoms with Gasteiger partial charge in [0.25, 0.3) is 5.56 Å². The number of hydrogen-bond donors (Lipinski definition) is 3. The molecule has 1 aromatic carbocycles. The zero-order valence-corrected chi connectivity index (χ0v) is 11.6. The maximum Gasteiger partial charge on any atom is 0.254 e. The van der Waals surface area contributed by atoms with Crippen molar-refractivity contribution in [2.24, 2.45) is 5.10 Å². The molecule has 1 heterocycles. The molecule has 0 aliphatic carbocycles. The monoisotopic (exact) mass is 305 g/mol. The van der Waals surface area contributed by atoms with E-state index in [1.165, 1.54) is 42.4 Å². The number of anilines is 2. The highest BCUT2D eigenvalue weighted by Crippen LogP contribution is 2.10. The molecule has 22 heavy (non-hydrogen) atoms. The Morgan fingerprint density at radius 1 is 1.41 bits per heavy atom. The molecule has 0 atom stereocenters. The number of nitrogens with one attached hydrogen (secondary N) is 1. The molecule has 116 valence electrons. The van der Waals surface area contributed by atoms with Crippen molar-refractivity contribution in [2.75, 3.05) is 17.8 Å². The molecule has 0 saturated heterocycles. The van der Waals surface area contributed by atoms with E-state index in [1.807, 2.05) is 0 Å². The number of carbonyl (C=O) groups is 1. The number of aromatic amines is 1. The van der Waals surface area contributed by atoms with Gasteiger partial charge in [-0.1, -0.05) is 0 Å². The Kier molecular flexibility index (Phi) is 5.36. The van der Waals surface area contributed by atoms with Crippen LogP contribution in [0.2, 0.25) is 0 Å². The van der Waals surface area contributed by atoms with Crippen LogP contribution in [0.15, 0.2) is 40.2 Å². The lowest BCUT2D eigenvalue weighted by atomic mass is 10.1. The number of nitrogen functional groups attached to an aromatic ring is 1. The van der Waals surface area contributed by atoms with E-state index in [4.69, 9.17) is 10.8 Å². The second kappa shape index (κ2) is 6.99. The molecule has 0 saturated carbocycles. The van der Waals surface area contributed by atoms with Gasteiger partial charge in [-0.2, -0.15) is 10.1 Å². The molecule has 2 aromatic rings. The molecule has 0 aliphatic heterocycles. The Balaban J connectivity index is 0.00000242. The van der Waals surface area contributed by atoms with Crippen molar-refractivity contribution in [1.29, 1.82) is 0 Å². The summed E-state index contributed by atoms with van der Waals surface area (Å²) in [6, 6.07) is 6.98. The maximum absolute atomic E-state index is 11.9. The van der Waals surface area contributed by atoms with Crippen LogP contribution in [-0.2, 0) is 0 Å². The van der Waals surface area contributed by atoms with Crippen LogP contribution in [0.4, 0.5) is 11.8 Å². The number of H-pyrrole nitrogens is 1. The third-order valence-corrected chi connectivity index (χ3v) is 2.58. The molecule has 0 fully saturated rings. The lowest BCUT2D eigenvalue weighted by Crippen LogP contribution is -2.18. The Morgan fingerprint density at radius 3 is 2.64 bits per heavy atom. The summed E-state index contributed by atoms with van der Waals surface area (Å²) < 4.78 is 0. The number of nitrogens with two attached hydrogens (primary N) is 1. The molecule has 0 amide bonds. The first-order chi connectivity index (χ1) is 9.95. The number of aromatic nitrogens is 2. The molecule has 0 radical (unpaired) electrons. The number of aromatic hydroxyl groups is 1. The highest BCUT2D eigenvalue weighted by Gasteiger charge is 2.06. The zero-order valence-electron chi connectivity index (χ0n) is 11.6. The molecule has 0 bridgehead atoms. The van der Waals surface area contributed by atoms with E-state index in [0.717, 1.165) is 6.21 Å². The average Bonchev–Trinajstić information content (AvgIpc) is 2.44. The van der Waals surface area contributed by atoms with Crippen LogP contribution in [0, 0.1) is 0 Å². The van der Waals surface area contributed by atoms with E-state index >= 15 is 0 Å². The van der Waals surface area contributed by atoms with Gasteiger partial charge < -0.3 is 16.3 Å². The van der Waals surface area contributed by atoms with Crippen molar-refractivity contribution in [3.63, 3.8) is 0 Å². The summed E-state index contributed by atoms with van der Waals surface area (Å²) in [5, 5.41) is 14.3. The second-order valence-corrected chi connectivity index (χ2v) is 4.17. The molecule has 0 unspecified atom stereocenters. The summed E-state index contributed by atoms with van der Waals surface area (Å²) in [6.07, 6.45) is 1.09. The van der Waals surface area contributed by atoms with Gasteiger partial charge in [-0.05, 0) is 24.3 Å². The number of nitrogens with zero attached hydrogens (tertiary/aromatic N) is 3. The molecular weight excluding hydrogens is 290 g/mol. The van der Waals surface area contributed by atoms with Crippen molar-refractivity contribution in [3.8, 4) is 5.75 Å². The normalized spacial score (nSPS) is 10.2. The number of phenolic OH excluding ortho intramolecular Hbond substituents is 1. The van der Waals surface area contributed by atoms with E-state index in [-0.39, 0.29) is 28.8 Å². The van der Waals surface area contributed by atoms with E-state index in [2.05, 4.69) is 15.1 Å². The molecular formula is C13H15N5O4. The molecule has 1 aromatic heterocycles. The Bertz CT molecular complexity index is 739. The van der Waals surface area contributed by atoms with Crippen molar-refractivity contribution < 1.29 is 15.4 Å². The number of phenols is 1. The third-order valence-electron chi connectivity index (χ3n) is 2.58. The predicted molar refractivity (Wildman–Crippen MR) is 82.2 cm³/mol. The summed E-state index contributed by atoms with van der Waals surface area (Å²) in [7, 11) is 1.53. The topological polar surface area (TPSA) is 156 Å². The van der Waals surface area contributed by atoms with Crippen LogP contribution in [-0.4, -0.2) is 39.6 Å². The van der Waals surface area contributed by atoms with Crippen molar-refractivity contribution in [3.05, 3.63) is 46.2 Å². The quantitative estimate of drug-likeness (QED) is 0.394. The summed E-state index contributed by atoms with van der Waals surface area (Å²) >= 11 is 0. The molecule has 2 rings (SSSR count). The number of rotatable bonds is 4. The van der Waals surface area contributed by atoms with Gasteiger partial charge in [0.2, 0.25) is 11.7 Å². The largest absolute Gasteiger partial charge is 0.508 e. The maximum atomic E-state index is 11.9. The first-order valence-corrected chi connectivity index (χ1v) is 5.93. The number of hydrogen-bond acceptors (Lipinski definition) is 7. The molecule has 0 aliphatic rings. The Morgan fingerprint density at radius 2 is 2.05 bits per heavy atom. The SMILES string of the molecule is CN(N=CC(=O)c1ccc(O)cc1)c1cc(=O)[nH]c(N)n1.O. The van der Waals surface area contributed by atoms with Gasteiger partial charge in [-0.15, -0.1) is 0 Å². The third kappa shape index (κ3) is 4.15. The van der Waals surface area contributed by atoms with Gasteiger partial charge in [0.1, 0.15) is 5.75 Å². The fourth-order valence-electron chi connectivity index (χ4n) is 1.53. The average molecular weight is 305 g/mol. The molecule has 9 nitrogen and oxygen atoms in total. The number of hydrazone groups is 1. The smallest absolute Gasteiger partial charge is 0.254 e. The van der Waals surface area contributed by atoms with Crippen molar-refractivity contribution >= 4 is 23.8 Å². The van der Waals surface area contributed by atoms with Gasteiger partial charge >= 0.3 is 0 Å². The first kappa shape index (κ1) is 16.9. The van der Waals surface area contributed by atoms with Crippen LogP contribution in [0.25, 0.3) is 0 Å². The van der Waals surface area contributed by atoms with E-state index < -0.39 is 5.56 Å². The van der Waals surface area contributed by atoms with Gasteiger partial charge in [-0.25, -0.2) is 0 Å². The highest BCUT2D eigenvalue weighted by atomic mass is 16.3. The van der Waals surface area contributed by atoms with Crippen LogP contribution in [0.1, 0.15) is 10.4 Å². The Hall–Kier alpha value is -3.20.